The highest BCUT2D eigenvalue weighted by Gasteiger charge is 2.13. The molecule has 1 N–H and O–H groups in total. The molecule has 0 radical (unpaired) electrons. The van der Waals surface area contributed by atoms with Crippen molar-refractivity contribution < 1.29 is 4.74 Å². The van der Waals surface area contributed by atoms with Gasteiger partial charge in [0.15, 0.2) is 0 Å². The van der Waals surface area contributed by atoms with Gasteiger partial charge in [0.2, 0.25) is 0 Å². The molecular formula is C13H20BrN3O. The predicted octanol–water partition coefficient (Wildman–Crippen LogP) is 2.29. The molecule has 1 aromatic rings. The summed E-state index contributed by atoms with van der Waals surface area (Å²) in [5.74, 6) is 0.941. The Balaban J connectivity index is 1.85. The molecule has 1 saturated heterocycles. The maximum absolute atomic E-state index is 5.35. The molecule has 0 bridgehead atoms. The summed E-state index contributed by atoms with van der Waals surface area (Å²) in [5.41, 5.74) is 1.20. The second-order valence-corrected chi connectivity index (χ2v) is 5.63. The van der Waals surface area contributed by atoms with Crippen LogP contribution in [0.2, 0.25) is 0 Å². The van der Waals surface area contributed by atoms with Gasteiger partial charge in [0, 0.05) is 36.3 Å². The average Bonchev–Trinajstić information content (AvgIpc) is 2.35. The Hall–Kier alpha value is -0.650. The van der Waals surface area contributed by atoms with Gasteiger partial charge in [-0.05, 0) is 41.4 Å². The van der Waals surface area contributed by atoms with Crippen LogP contribution < -0.4 is 5.32 Å². The van der Waals surface area contributed by atoms with Crippen molar-refractivity contribution >= 4 is 21.7 Å². The first-order valence-electron chi connectivity index (χ1n) is 6.34. The molecule has 1 aliphatic heterocycles. The first kappa shape index (κ1) is 13.8. The minimum absolute atomic E-state index is 0.385. The largest absolute Gasteiger partial charge is 0.379 e. The molecule has 2 heterocycles. The lowest BCUT2D eigenvalue weighted by Gasteiger charge is -2.29. The number of ether oxygens (including phenoxy) is 1. The number of aromatic nitrogens is 1. The third-order valence-electron chi connectivity index (χ3n) is 3.08. The predicted molar refractivity (Wildman–Crippen MR) is 77.0 cm³/mol. The first-order chi connectivity index (χ1) is 8.65. The van der Waals surface area contributed by atoms with Gasteiger partial charge in [-0.3, -0.25) is 4.90 Å². The maximum atomic E-state index is 5.35. The van der Waals surface area contributed by atoms with E-state index in [1.165, 1.54) is 5.56 Å². The van der Waals surface area contributed by atoms with Gasteiger partial charge in [0.05, 0.1) is 13.2 Å². The third kappa shape index (κ3) is 3.93. The first-order valence-corrected chi connectivity index (χ1v) is 7.13. The number of anilines is 1. The summed E-state index contributed by atoms with van der Waals surface area (Å²) < 4.78 is 6.40. The van der Waals surface area contributed by atoms with Crippen LogP contribution in [0, 0.1) is 6.92 Å². The number of nitrogens with zero attached hydrogens (tertiary/aromatic N) is 2. The summed E-state index contributed by atoms with van der Waals surface area (Å²) in [5, 5.41) is 3.44. The summed E-state index contributed by atoms with van der Waals surface area (Å²) in [6, 6.07) is 2.45. The quantitative estimate of drug-likeness (QED) is 0.925. The molecule has 0 aliphatic carbocycles. The number of pyridine rings is 1. The van der Waals surface area contributed by atoms with Gasteiger partial charge in [-0.1, -0.05) is 0 Å². The second kappa shape index (κ2) is 6.50. The van der Waals surface area contributed by atoms with Crippen LogP contribution in [-0.4, -0.2) is 48.8 Å². The van der Waals surface area contributed by atoms with Crippen LogP contribution in [0.3, 0.4) is 0 Å². The van der Waals surface area contributed by atoms with Gasteiger partial charge >= 0.3 is 0 Å². The van der Waals surface area contributed by atoms with Crippen LogP contribution in [0.15, 0.2) is 16.7 Å². The van der Waals surface area contributed by atoms with Crippen molar-refractivity contribution in [2.75, 3.05) is 38.2 Å². The molecule has 5 heteroatoms. The summed E-state index contributed by atoms with van der Waals surface area (Å²) in [6.07, 6.45) is 1.85. The minimum Gasteiger partial charge on any atom is -0.379 e. The Morgan fingerprint density at radius 1 is 1.50 bits per heavy atom. The van der Waals surface area contributed by atoms with E-state index in [-0.39, 0.29) is 0 Å². The molecule has 0 spiro atoms. The van der Waals surface area contributed by atoms with E-state index < -0.39 is 0 Å². The number of morpholine rings is 1. The molecule has 1 unspecified atom stereocenters. The van der Waals surface area contributed by atoms with Crippen molar-refractivity contribution in [2.24, 2.45) is 0 Å². The maximum Gasteiger partial charge on any atom is 0.126 e. The standard InChI is InChI=1S/C13H20BrN3O/c1-10-7-13(15-8-12(10)14)16-11(2)9-17-3-5-18-6-4-17/h7-8,11H,3-6,9H2,1-2H3,(H,15,16). The minimum atomic E-state index is 0.385. The molecule has 1 fully saturated rings. The molecule has 0 saturated carbocycles. The highest BCUT2D eigenvalue weighted by atomic mass is 79.9. The highest BCUT2D eigenvalue weighted by molar-refractivity contribution is 9.10. The van der Waals surface area contributed by atoms with Gasteiger partial charge in [-0.15, -0.1) is 0 Å². The second-order valence-electron chi connectivity index (χ2n) is 4.78. The van der Waals surface area contributed by atoms with Crippen LogP contribution in [0.5, 0.6) is 0 Å². The highest BCUT2D eigenvalue weighted by Crippen LogP contribution is 2.17. The van der Waals surface area contributed by atoms with Gasteiger partial charge in [0.25, 0.3) is 0 Å². The number of hydrogen-bond acceptors (Lipinski definition) is 4. The van der Waals surface area contributed by atoms with E-state index in [0.717, 1.165) is 43.1 Å². The van der Waals surface area contributed by atoms with Crippen LogP contribution in [0.1, 0.15) is 12.5 Å². The van der Waals surface area contributed by atoms with E-state index in [1.54, 1.807) is 0 Å². The van der Waals surface area contributed by atoms with Crippen molar-refractivity contribution in [1.29, 1.82) is 0 Å². The monoisotopic (exact) mass is 313 g/mol. The molecular weight excluding hydrogens is 294 g/mol. The Bertz CT molecular complexity index is 394. The summed E-state index contributed by atoms with van der Waals surface area (Å²) in [7, 11) is 0. The summed E-state index contributed by atoms with van der Waals surface area (Å²) in [4.78, 5) is 6.79. The number of halogens is 1. The fourth-order valence-corrected chi connectivity index (χ4v) is 2.30. The lowest BCUT2D eigenvalue weighted by molar-refractivity contribution is 0.0368. The molecule has 1 aromatic heterocycles. The van der Waals surface area contributed by atoms with Gasteiger partial charge < -0.3 is 10.1 Å². The lowest BCUT2D eigenvalue weighted by atomic mass is 10.2. The summed E-state index contributed by atoms with van der Waals surface area (Å²) >= 11 is 3.46. The SMILES string of the molecule is Cc1cc(NC(C)CN2CCOCC2)ncc1Br. The Morgan fingerprint density at radius 2 is 2.22 bits per heavy atom. The fraction of sp³-hybridized carbons (Fsp3) is 0.615. The molecule has 2 rings (SSSR count). The average molecular weight is 314 g/mol. The molecule has 1 aliphatic rings. The zero-order chi connectivity index (χ0) is 13.0. The van der Waals surface area contributed by atoms with Crippen LogP contribution in [0.25, 0.3) is 0 Å². The fourth-order valence-electron chi connectivity index (χ4n) is 2.09. The number of aryl methyl sites for hydroxylation is 1. The molecule has 100 valence electrons. The van der Waals surface area contributed by atoms with E-state index in [9.17, 15) is 0 Å². The zero-order valence-corrected chi connectivity index (χ0v) is 12.5. The molecule has 1 atom stereocenters. The Labute approximate surface area is 117 Å². The van der Waals surface area contributed by atoms with E-state index in [1.807, 2.05) is 6.20 Å². The van der Waals surface area contributed by atoms with E-state index >= 15 is 0 Å². The Kier molecular flexibility index (Phi) is 4.97. The van der Waals surface area contributed by atoms with Gasteiger partial charge in [-0.25, -0.2) is 4.98 Å². The normalized spacial score (nSPS) is 18.6. The number of nitrogens with one attached hydrogen (secondary N) is 1. The van der Waals surface area contributed by atoms with E-state index in [0.29, 0.717) is 6.04 Å². The number of rotatable bonds is 4. The topological polar surface area (TPSA) is 37.4 Å². The number of hydrogen-bond donors (Lipinski definition) is 1. The van der Waals surface area contributed by atoms with Crippen molar-refractivity contribution in [2.45, 2.75) is 19.9 Å². The van der Waals surface area contributed by atoms with Gasteiger partial charge in [0.1, 0.15) is 5.82 Å². The molecule has 0 amide bonds. The summed E-state index contributed by atoms with van der Waals surface area (Å²) in [6.45, 7) is 9.04. The van der Waals surface area contributed by atoms with E-state index in [2.05, 4.69) is 51.0 Å². The van der Waals surface area contributed by atoms with Crippen molar-refractivity contribution in [3.05, 3.63) is 22.3 Å². The van der Waals surface area contributed by atoms with Crippen LogP contribution in [-0.2, 0) is 4.74 Å². The van der Waals surface area contributed by atoms with Crippen molar-refractivity contribution in [3.63, 3.8) is 0 Å². The smallest absolute Gasteiger partial charge is 0.126 e. The molecule has 18 heavy (non-hydrogen) atoms. The van der Waals surface area contributed by atoms with Crippen molar-refractivity contribution in [1.82, 2.24) is 9.88 Å². The van der Waals surface area contributed by atoms with Crippen LogP contribution in [0.4, 0.5) is 5.82 Å². The molecule has 4 nitrogen and oxygen atoms in total. The third-order valence-corrected chi connectivity index (χ3v) is 3.91. The van der Waals surface area contributed by atoms with Gasteiger partial charge in [-0.2, -0.15) is 0 Å². The Morgan fingerprint density at radius 3 is 2.89 bits per heavy atom. The molecule has 0 aromatic carbocycles. The zero-order valence-electron chi connectivity index (χ0n) is 10.9. The van der Waals surface area contributed by atoms with Crippen LogP contribution >= 0.6 is 15.9 Å². The van der Waals surface area contributed by atoms with Crippen molar-refractivity contribution in [3.8, 4) is 0 Å². The van der Waals surface area contributed by atoms with E-state index in [4.69, 9.17) is 4.74 Å². The lowest BCUT2D eigenvalue weighted by Crippen LogP contribution is -2.42.